The van der Waals surface area contributed by atoms with E-state index in [9.17, 15) is 9.59 Å². The molecule has 0 unspecified atom stereocenters. The molecule has 1 saturated heterocycles. The SMILES string of the molecule is COC(=O)c1ccnc(C=C(CSC(C)=O)B2OC(C)(C)C(C)(C)O2)c1. The molecule has 0 saturated carbocycles. The minimum absolute atomic E-state index is 0.00341. The van der Waals surface area contributed by atoms with Gasteiger partial charge in [0, 0.05) is 18.9 Å². The Hall–Kier alpha value is -1.64. The van der Waals surface area contributed by atoms with E-state index in [1.165, 1.54) is 32.0 Å². The van der Waals surface area contributed by atoms with Crippen molar-refractivity contribution >= 4 is 36.0 Å². The van der Waals surface area contributed by atoms with E-state index in [0.717, 1.165) is 5.47 Å². The number of hydrogen-bond donors (Lipinski definition) is 0. The molecule has 1 aliphatic heterocycles. The molecule has 1 aromatic rings. The lowest BCUT2D eigenvalue weighted by molar-refractivity contribution is -0.109. The first-order chi connectivity index (χ1) is 12.1. The van der Waals surface area contributed by atoms with Gasteiger partial charge in [0.1, 0.15) is 0 Å². The number of methoxy groups -OCH3 is 1. The van der Waals surface area contributed by atoms with Crippen molar-refractivity contribution in [3.05, 3.63) is 35.1 Å². The molecule has 0 bridgehead atoms. The molecule has 140 valence electrons. The van der Waals surface area contributed by atoms with Crippen molar-refractivity contribution in [3.8, 4) is 0 Å². The fraction of sp³-hybridized carbons (Fsp3) is 0.500. The van der Waals surface area contributed by atoms with Gasteiger partial charge in [0.05, 0.1) is 29.6 Å². The number of carbonyl (C=O) groups excluding carboxylic acids is 2. The van der Waals surface area contributed by atoms with Crippen LogP contribution in [0.1, 0.15) is 50.7 Å². The molecule has 1 fully saturated rings. The number of rotatable bonds is 5. The molecule has 8 heteroatoms. The lowest BCUT2D eigenvalue weighted by atomic mass is 9.78. The van der Waals surface area contributed by atoms with E-state index in [4.69, 9.17) is 14.0 Å². The second-order valence-electron chi connectivity index (χ2n) is 7.05. The molecule has 1 aromatic heterocycles. The van der Waals surface area contributed by atoms with Gasteiger partial charge < -0.3 is 14.0 Å². The standard InChI is InChI=1S/C18H24BNO5S/c1-12(21)26-11-14(19-24-17(2,3)18(4,5)25-19)10-15-9-13(7-8-20-15)16(22)23-6/h7-10H,11H2,1-6H3. The summed E-state index contributed by atoms with van der Waals surface area (Å²) in [5.74, 6) is -0.0200. The lowest BCUT2D eigenvalue weighted by Crippen LogP contribution is -2.41. The summed E-state index contributed by atoms with van der Waals surface area (Å²) < 4.78 is 16.9. The molecule has 0 aliphatic carbocycles. The third kappa shape index (κ3) is 4.75. The fourth-order valence-electron chi connectivity index (χ4n) is 2.32. The summed E-state index contributed by atoms with van der Waals surface area (Å²) in [5.41, 5.74) is 0.777. The van der Waals surface area contributed by atoms with E-state index in [0.29, 0.717) is 17.0 Å². The van der Waals surface area contributed by atoms with E-state index in [1.54, 1.807) is 18.2 Å². The van der Waals surface area contributed by atoms with Gasteiger partial charge in [0.25, 0.3) is 0 Å². The number of ether oxygens (including phenoxy) is 1. The van der Waals surface area contributed by atoms with Crippen molar-refractivity contribution in [2.45, 2.75) is 45.8 Å². The zero-order chi connectivity index (χ0) is 19.5. The molecule has 0 aromatic carbocycles. The molecule has 2 heterocycles. The van der Waals surface area contributed by atoms with Gasteiger partial charge in [-0.05, 0) is 51.4 Å². The first-order valence-corrected chi connectivity index (χ1v) is 9.28. The topological polar surface area (TPSA) is 74.7 Å². The van der Waals surface area contributed by atoms with Crippen LogP contribution in [0.4, 0.5) is 0 Å². The molecule has 6 nitrogen and oxygen atoms in total. The van der Waals surface area contributed by atoms with Crippen molar-refractivity contribution in [1.82, 2.24) is 4.98 Å². The molecule has 0 atom stereocenters. The Balaban J connectivity index is 2.35. The summed E-state index contributed by atoms with van der Waals surface area (Å²) in [6, 6.07) is 3.22. The number of hydrogen-bond acceptors (Lipinski definition) is 7. The first kappa shape index (κ1) is 20.7. The highest BCUT2D eigenvalue weighted by Crippen LogP contribution is 2.39. The highest BCUT2D eigenvalue weighted by molar-refractivity contribution is 8.13. The third-order valence-corrected chi connectivity index (χ3v) is 5.42. The molecule has 0 spiro atoms. The maximum atomic E-state index is 11.7. The number of nitrogens with zero attached hydrogens (tertiary/aromatic N) is 1. The predicted molar refractivity (Wildman–Crippen MR) is 103 cm³/mol. The molecule has 26 heavy (non-hydrogen) atoms. The molecule has 1 aliphatic rings. The van der Waals surface area contributed by atoms with E-state index < -0.39 is 24.3 Å². The van der Waals surface area contributed by atoms with Crippen molar-refractivity contribution in [1.29, 1.82) is 0 Å². The monoisotopic (exact) mass is 377 g/mol. The summed E-state index contributed by atoms with van der Waals surface area (Å²) in [6.07, 6.45) is 3.34. The van der Waals surface area contributed by atoms with Crippen LogP contribution in [0.5, 0.6) is 0 Å². The van der Waals surface area contributed by atoms with Crippen molar-refractivity contribution in [2.75, 3.05) is 12.9 Å². The lowest BCUT2D eigenvalue weighted by Gasteiger charge is -2.32. The highest BCUT2D eigenvalue weighted by Gasteiger charge is 2.52. The van der Waals surface area contributed by atoms with Gasteiger partial charge in [-0.25, -0.2) is 4.79 Å². The Morgan fingerprint density at radius 1 is 1.27 bits per heavy atom. The van der Waals surface area contributed by atoms with Crippen LogP contribution in [-0.2, 0) is 18.8 Å². The van der Waals surface area contributed by atoms with Crippen LogP contribution in [0.2, 0.25) is 0 Å². The quantitative estimate of drug-likeness (QED) is 0.576. The number of thioether (sulfide) groups is 1. The van der Waals surface area contributed by atoms with Gasteiger partial charge in [-0.1, -0.05) is 11.8 Å². The van der Waals surface area contributed by atoms with Gasteiger partial charge in [0.2, 0.25) is 0 Å². The van der Waals surface area contributed by atoms with Crippen LogP contribution < -0.4 is 0 Å². The van der Waals surface area contributed by atoms with Crippen LogP contribution >= 0.6 is 11.8 Å². The third-order valence-electron chi connectivity index (χ3n) is 4.53. The van der Waals surface area contributed by atoms with E-state index in [2.05, 4.69) is 4.98 Å². The van der Waals surface area contributed by atoms with Gasteiger partial charge in [-0.3, -0.25) is 9.78 Å². The average Bonchev–Trinajstić information content (AvgIpc) is 2.78. The second kappa shape index (κ2) is 7.94. The molecule has 2 rings (SSSR count). The number of pyridine rings is 1. The van der Waals surface area contributed by atoms with Crippen molar-refractivity contribution in [2.24, 2.45) is 0 Å². The van der Waals surface area contributed by atoms with Crippen LogP contribution in [0.25, 0.3) is 6.08 Å². The maximum Gasteiger partial charge on any atom is 0.491 e. The molecule has 0 radical (unpaired) electrons. The average molecular weight is 377 g/mol. The zero-order valence-corrected chi connectivity index (χ0v) is 16.8. The minimum atomic E-state index is -0.588. The number of carbonyl (C=O) groups is 2. The van der Waals surface area contributed by atoms with Crippen molar-refractivity contribution in [3.63, 3.8) is 0 Å². The molecular weight excluding hydrogens is 353 g/mol. The van der Waals surface area contributed by atoms with E-state index in [-0.39, 0.29) is 5.12 Å². The Labute approximate surface area is 158 Å². The van der Waals surface area contributed by atoms with Crippen LogP contribution in [0.3, 0.4) is 0 Å². The highest BCUT2D eigenvalue weighted by atomic mass is 32.2. The Morgan fingerprint density at radius 3 is 2.42 bits per heavy atom. The maximum absolute atomic E-state index is 11.7. The van der Waals surface area contributed by atoms with Crippen molar-refractivity contribution < 1.29 is 23.6 Å². The molecule has 0 amide bonds. The summed E-state index contributed by atoms with van der Waals surface area (Å²) in [6.45, 7) is 9.40. The van der Waals surface area contributed by atoms with Crippen LogP contribution in [-0.4, -0.2) is 47.3 Å². The van der Waals surface area contributed by atoms with Crippen LogP contribution in [0, 0.1) is 0 Å². The van der Waals surface area contributed by atoms with Gasteiger partial charge in [-0.15, -0.1) is 0 Å². The number of aromatic nitrogens is 1. The summed E-state index contributed by atoms with van der Waals surface area (Å²) >= 11 is 1.17. The van der Waals surface area contributed by atoms with Crippen LogP contribution in [0.15, 0.2) is 23.8 Å². The van der Waals surface area contributed by atoms with E-state index in [1.807, 2.05) is 27.7 Å². The Kier molecular flexibility index (Phi) is 6.31. The fourth-order valence-corrected chi connectivity index (χ4v) is 2.91. The minimum Gasteiger partial charge on any atom is -0.465 e. The summed E-state index contributed by atoms with van der Waals surface area (Å²) in [5, 5.41) is 0.00341. The zero-order valence-electron chi connectivity index (χ0n) is 16.0. The molecule has 0 N–H and O–H groups in total. The molecular formula is C18H24BNO5S. The van der Waals surface area contributed by atoms with Gasteiger partial charge in [0.15, 0.2) is 5.12 Å². The van der Waals surface area contributed by atoms with Gasteiger partial charge >= 0.3 is 13.1 Å². The largest absolute Gasteiger partial charge is 0.491 e. The van der Waals surface area contributed by atoms with E-state index >= 15 is 0 Å². The first-order valence-electron chi connectivity index (χ1n) is 8.29. The Morgan fingerprint density at radius 2 is 1.88 bits per heavy atom. The summed E-state index contributed by atoms with van der Waals surface area (Å²) in [4.78, 5) is 27.4. The Bertz CT molecular complexity index is 716. The summed E-state index contributed by atoms with van der Waals surface area (Å²) in [7, 11) is 0.743. The van der Waals surface area contributed by atoms with Gasteiger partial charge in [-0.2, -0.15) is 0 Å². The number of esters is 1. The normalized spacial score (nSPS) is 18.7. The second-order valence-corrected chi connectivity index (χ2v) is 8.20. The smallest absolute Gasteiger partial charge is 0.465 e. The predicted octanol–water partition coefficient (Wildman–Crippen LogP) is 3.16.